The molecule has 0 saturated heterocycles. The van der Waals surface area contributed by atoms with Crippen molar-refractivity contribution in [3.8, 4) is 0 Å². The number of aliphatic hydroxyl groups is 1. The van der Waals surface area contributed by atoms with Crippen LogP contribution in [0.5, 0.6) is 0 Å². The molecule has 0 aliphatic carbocycles. The third-order valence-electron chi connectivity index (χ3n) is 2.80. The lowest BCUT2D eigenvalue weighted by Gasteiger charge is -2.23. The van der Waals surface area contributed by atoms with Gasteiger partial charge in [-0.2, -0.15) is 0 Å². The summed E-state index contributed by atoms with van der Waals surface area (Å²) in [6, 6.07) is 0. The zero-order valence-corrected chi connectivity index (χ0v) is 12.1. The number of nitrogens with zero attached hydrogens (tertiary/aromatic N) is 1. The molecule has 1 aromatic rings. The van der Waals surface area contributed by atoms with Gasteiger partial charge in [0.05, 0.1) is 17.1 Å². The van der Waals surface area contributed by atoms with Crippen LogP contribution in [0.4, 0.5) is 0 Å². The van der Waals surface area contributed by atoms with Crippen molar-refractivity contribution in [1.82, 2.24) is 10.3 Å². The summed E-state index contributed by atoms with van der Waals surface area (Å²) >= 11 is 1.60. The van der Waals surface area contributed by atoms with E-state index in [0.29, 0.717) is 19.4 Å². The lowest BCUT2D eigenvalue weighted by atomic mass is 9.90. The summed E-state index contributed by atoms with van der Waals surface area (Å²) in [5.74, 6) is -0.00559. The molecule has 0 aliphatic heterocycles. The van der Waals surface area contributed by atoms with Crippen LogP contribution in [-0.2, 0) is 17.6 Å². The Morgan fingerprint density at radius 3 is 2.83 bits per heavy atom. The van der Waals surface area contributed by atoms with Crippen LogP contribution in [0.15, 0.2) is 5.38 Å². The third kappa shape index (κ3) is 5.14. The second kappa shape index (κ2) is 6.85. The smallest absolute Gasteiger partial charge is 0.226 e. The van der Waals surface area contributed by atoms with E-state index in [4.69, 9.17) is 5.11 Å². The first-order valence-corrected chi connectivity index (χ1v) is 7.15. The Bertz CT molecular complexity index is 388. The molecule has 0 unspecified atom stereocenters. The summed E-state index contributed by atoms with van der Waals surface area (Å²) in [7, 11) is 0. The predicted molar refractivity (Wildman–Crippen MR) is 73.7 cm³/mol. The largest absolute Gasteiger partial charge is 0.396 e. The van der Waals surface area contributed by atoms with Gasteiger partial charge in [-0.3, -0.25) is 4.79 Å². The number of nitrogens with one attached hydrogen (secondary N) is 1. The fourth-order valence-corrected chi connectivity index (χ4v) is 2.29. The predicted octanol–water partition coefficient (Wildman–Crippen LogP) is 1.77. The second-order valence-corrected chi connectivity index (χ2v) is 6.12. The molecule has 102 valence electrons. The molecule has 1 heterocycles. The van der Waals surface area contributed by atoms with Crippen molar-refractivity contribution in [3.63, 3.8) is 0 Å². The molecule has 0 fully saturated rings. The summed E-state index contributed by atoms with van der Waals surface area (Å²) < 4.78 is 0. The average molecular weight is 270 g/mol. The van der Waals surface area contributed by atoms with E-state index in [1.807, 2.05) is 19.2 Å². The van der Waals surface area contributed by atoms with Crippen molar-refractivity contribution >= 4 is 17.2 Å². The number of carbonyl (C=O) groups is 1. The van der Waals surface area contributed by atoms with Crippen LogP contribution in [0, 0.1) is 5.41 Å². The standard InChI is InChI=1S/C13H22N2O2S/c1-4-12-15-10(8-18-12)7-11(17)14-9-13(2,3)5-6-16/h8,16H,4-7,9H2,1-3H3,(H,14,17). The molecule has 0 aromatic carbocycles. The molecule has 4 nitrogen and oxygen atoms in total. The number of amides is 1. The number of aromatic nitrogens is 1. The Hall–Kier alpha value is -0.940. The lowest BCUT2D eigenvalue weighted by Crippen LogP contribution is -2.35. The molecule has 0 bridgehead atoms. The topological polar surface area (TPSA) is 62.2 Å². The van der Waals surface area contributed by atoms with Gasteiger partial charge in [0, 0.05) is 18.5 Å². The van der Waals surface area contributed by atoms with Gasteiger partial charge in [-0.1, -0.05) is 20.8 Å². The van der Waals surface area contributed by atoms with Crippen molar-refractivity contribution < 1.29 is 9.90 Å². The van der Waals surface area contributed by atoms with E-state index in [1.54, 1.807) is 11.3 Å². The number of aliphatic hydroxyl groups excluding tert-OH is 1. The fraction of sp³-hybridized carbons (Fsp3) is 0.692. The molecule has 1 amide bonds. The quantitative estimate of drug-likeness (QED) is 0.794. The van der Waals surface area contributed by atoms with Crippen LogP contribution < -0.4 is 5.32 Å². The summed E-state index contributed by atoms with van der Waals surface area (Å²) in [5.41, 5.74) is 0.774. The Morgan fingerprint density at radius 2 is 2.28 bits per heavy atom. The molecular formula is C13H22N2O2S. The van der Waals surface area contributed by atoms with Gasteiger partial charge >= 0.3 is 0 Å². The highest BCUT2D eigenvalue weighted by Crippen LogP contribution is 2.18. The highest BCUT2D eigenvalue weighted by Gasteiger charge is 2.18. The van der Waals surface area contributed by atoms with Gasteiger partial charge in [-0.05, 0) is 18.3 Å². The highest BCUT2D eigenvalue weighted by molar-refractivity contribution is 7.09. The van der Waals surface area contributed by atoms with E-state index in [0.717, 1.165) is 17.1 Å². The van der Waals surface area contributed by atoms with Crippen LogP contribution in [0.3, 0.4) is 0 Å². The van der Waals surface area contributed by atoms with E-state index in [9.17, 15) is 4.79 Å². The average Bonchev–Trinajstić information content (AvgIpc) is 2.74. The van der Waals surface area contributed by atoms with Crippen molar-refractivity contribution in [1.29, 1.82) is 0 Å². The zero-order valence-electron chi connectivity index (χ0n) is 11.3. The monoisotopic (exact) mass is 270 g/mol. The van der Waals surface area contributed by atoms with Crippen LogP contribution in [-0.4, -0.2) is 29.1 Å². The summed E-state index contributed by atoms with van der Waals surface area (Å²) in [6.07, 6.45) is 1.94. The summed E-state index contributed by atoms with van der Waals surface area (Å²) in [5, 5.41) is 14.8. The maximum Gasteiger partial charge on any atom is 0.226 e. The number of rotatable bonds is 7. The minimum atomic E-state index is -0.0684. The number of hydrogen-bond acceptors (Lipinski definition) is 4. The molecular weight excluding hydrogens is 248 g/mol. The first-order chi connectivity index (χ1) is 8.46. The van der Waals surface area contributed by atoms with E-state index in [1.165, 1.54) is 0 Å². The SMILES string of the molecule is CCc1nc(CC(=O)NCC(C)(C)CCO)cs1. The molecule has 1 aromatic heterocycles. The van der Waals surface area contributed by atoms with Gasteiger partial charge in [0.1, 0.15) is 0 Å². The van der Waals surface area contributed by atoms with Crippen molar-refractivity contribution in [2.24, 2.45) is 5.41 Å². The van der Waals surface area contributed by atoms with Crippen molar-refractivity contribution in [2.45, 2.75) is 40.0 Å². The van der Waals surface area contributed by atoms with Crippen LogP contribution >= 0.6 is 11.3 Å². The zero-order chi connectivity index (χ0) is 13.6. The van der Waals surface area contributed by atoms with Gasteiger partial charge in [-0.15, -0.1) is 11.3 Å². The maximum atomic E-state index is 11.8. The summed E-state index contributed by atoms with van der Waals surface area (Å²) in [4.78, 5) is 16.1. The van der Waals surface area contributed by atoms with Crippen LogP contribution in [0.2, 0.25) is 0 Å². The van der Waals surface area contributed by atoms with Gasteiger partial charge in [0.2, 0.25) is 5.91 Å². The van der Waals surface area contributed by atoms with Gasteiger partial charge in [0.25, 0.3) is 0 Å². The first-order valence-electron chi connectivity index (χ1n) is 6.27. The first kappa shape index (κ1) is 15.1. The second-order valence-electron chi connectivity index (χ2n) is 5.18. The van der Waals surface area contributed by atoms with E-state index < -0.39 is 0 Å². The van der Waals surface area contributed by atoms with Crippen molar-refractivity contribution in [2.75, 3.05) is 13.2 Å². The molecule has 0 atom stereocenters. The van der Waals surface area contributed by atoms with Crippen LogP contribution in [0.1, 0.15) is 37.9 Å². The van der Waals surface area contributed by atoms with Crippen molar-refractivity contribution in [3.05, 3.63) is 16.1 Å². The molecule has 0 spiro atoms. The Balaban J connectivity index is 2.37. The minimum Gasteiger partial charge on any atom is -0.396 e. The van der Waals surface area contributed by atoms with Gasteiger partial charge in [0.15, 0.2) is 0 Å². The number of aryl methyl sites for hydroxylation is 1. The maximum absolute atomic E-state index is 11.8. The Labute approximate surface area is 112 Å². The highest BCUT2D eigenvalue weighted by atomic mass is 32.1. The lowest BCUT2D eigenvalue weighted by molar-refractivity contribution is -0.121. The third-order valence-corrected chi connectivity index (χ3v) is 3.84. The summed E-state index contributed by atoms with van der Waals surface area (Å²) in [6.45, 7) is 6.84. The van der Waals surface area contributed by atoms with Gasteiger partial charge < -0.3 is 10.4 Å². The minimum absolute atomic E-state index is 0.00559. The molecule has 2 N–H and O–H groups in total. The Kier molecular flexibility index (Phi) is 5.75. The van der Waals surface area contributed by atoms with E-state index in [-0.39, 0.29) is 17.9 Å². The normalized spacial score (nSPS) is 11.6. The van der Waals surface area contributed by atoms with Gasteiger partial charge in [-0.25, -0.2) is 4.98 Å². The van der Waals surface area contributed by atoms with E-state index in [2.05, 4.69) is 17.2 Å². The number of thiazole rings is 1. The molecule has 0 aliphatic rings. The molecule has 0 saturated carbocycles. The number of hydrogen-bond donors (Lipinski definition) is 2. The van der Waals surface area contributed by atoms with Crippen LogP contribution in [0.25, 0.3) is 0 Å². The van der Waals surface area contributed by atoms with E-state index >= 15 is 0 Å². The molecule has 5 heteroatoms. The number of carbonyl (C=O) groups excluding carboxylic acids is 1. The fourth-order valence-electron chi connectivity index (χ4n) is 1.55. The Morgan fingerprint density at radius 1 is 1.56 bits per heavy atom. The molecule has 0 radical (unpaired) electrons. The molecule has 18 heavy (non-hydrogen) atoms. The molecule has 1 rings (SSSR count).